The molecule has 0 fully saturated rings. The summed E-state index contributed by atoms with van der Waals surface area (Å²) in [6, 6.07) is 21.2. The number of anilines is 3. The summed E-state index contributed by atoms with van der Waals surface area (Å²) < 4.78 is 16.5. The summed E-state index contributed by atoms with van der Waals surface area (Å²) in [6.07, 6.45) is 0. The molecule has 0 amide bonds. The van der Waals surface area contributed by atoms with E-state index in [0.717, 1.165) is 17.0 Å². The van der Waals surface area contributed by atoms with Crippen LogP contribution in [0.4, 0.5) is 17.5 Å². The maximum Gasteiger partial charge on any atom is 0.229 e. The van der Waals surface area contributed by atoms with Crippen molar-refractivity contribution in [2.75, 3.05) is 25.3 Å². The van der Waals surface area contributed by atoms with Gasteiger partial charge >= 0.3 is 0 Å². The van der Waals surface area contributed by atoms with E-state index in [9.17, 15) is 0 Å². The van der Waals surface area contributed by atoms with Crippen LogP contribution in [0.2, 0.25) is 0 Å². The number of methoxy groups -OCH3 is 2. The molecule has 0 spiro atoms. The average molecular weight is 402 g/mol. The number of benzene rings is 3. The molecule has 7 nitrogen and oxygen atoms in total. The lowest BCUT2D eigenvalue weighted by Crippen LogP contribution is -2.02. The molecule has 1 heterocycles. The lowest BCUT2D eigenvalue weighted by molar-refractivity contribution is 0.306. The van der Waals surface area contributed by atoms with Crippen LogP contribution in [0.15, 0.2) is 66.7 Å². The monoisotopic (exact) mass is 402 g/mol. The zero-order chi connectivity index (χ0) is 20.9. The van der Waals surface area contributed by atoms with Gasteiger partial charge in [0.25, 0.3) is 0 Å². The van der Waals surface area contributed by atoms with Gasteiger partial charge in [-0.25, -0.2) is 4.98 Å². The van der Waals surface area contributed by atoms with Gasteiger partial charge in [0.15, 0.2) is 11.5 Å². The topological polar surface area (TPSA) is 91.5 Å². The van der Waals surface area contributed by atoms with Crippen LogP contribution in [0.25, 0.3) is 10.9 Å². The van der Waals surface area contributed by atoms with Crippen LogP contribution in [0, 0.1) is 0 Å². The quantitative estimate of drug-likeness (QED) is 0.468. The summed E-state index contributed by atoms with van der Waals surface area (Å²) in [5.41, 5.74) is 8.73. The van der Waals surface area contributed by atoms with Crippen molar-refractivity contribution in [1.29, 1.82) is 0 Å². The number of hydrogen-bond acceptors (Lipinski definition) is 7. The van der Waals surface area contributed by atoms with Crippen molar-refractivity contribution >= 4 is 28.4 Å². The van der Waals surface area contributed by atoms with Crippen molar-refractivity contribution in [3.8, 4) is 17.2 Å². The van der Waals surface area contributed by atoms with Gasteiger partial charge in [-0.2, -0.15) is 4.98 Å². The summed E-state index contributed by atoms with van der Waals surface area (Å²) in [5, 5.41) is 3.87. The highest BCUT2D eigenvalue weighted by Crippen LogP contribution is 2.34. The third-order valence-electron chi connectivity index (χ3n) is 4.59. The highest BCUT2D eigenvalue weighted by Gasteiger charge is 2.12. The molecular weight excluding hydrogens is 380 g/mol. The predicted molar refractivity (Wildman–Crippen MR) is 118 cm³/mol. The largest absolute Gasteiger partial charge is 0.493 e. The van der Waals surface area contributed by atoms with E-state index in [1.54, 1.807) is 26.4 Å². The molecule has 30 heavy (non-hydrogen) atoms. The number of ether oxygens (including phenoxy) is 3. The van der Waals surface area contributed by atoms with Crippen molar-refractivity contribution in [3.63, 3.8) is 0 Å². The van der Waals surface area contributed by atoms with Crippen molar-refractivity contribution in [3.05, 3.63) is 72.3 Å². The van der Waals surface area contributed by atoms with E-state index in [1.807, 2.05) is 54.6 Å². The minimum Gasteiger partial charge on any atom is -0.493 e. The third kappa shape index (κ3) is 4.20. The molecule has 0 saturated carbocycles. The second kappa shape index (κ2) is 8.57. The van der Waals surface area contributed by atoms with Crippen LogP contribution < -0.4 is 25.3 Å². The molecule has 0 aliphatic heterocycles. The molecule has 0 radical (unpaired) electrons. The smallest absolute Gasteiger partial charge is 0.229 e. The molecule has 152 valence electrons. The van der Waals surface area contributed by atoms with Crippen LogP contribution in [0.3, 0.4) is 0 Å². The molecule has 0 unspecified atom stereocenters. The summed E-state index contributed by atoms with van der Waals surface area (Å²) in [5.74, 6) is 2.68. The number of nitrogens with two attached hydrogens (primary N) is 1. The molecule has 0 aliphatic carbocycles. The predicted octanol–water partition coefficient (Wildman–Crippen LogP) is 4.55. The molecule has 3 N–H and O–H groups in total. The highest BCUT2D eigenvalue weighted by atomic mass is 16.5. The van der Waals surface area contributed by atoms with Gasteiger partial charge in [0.1, 0.15) is 18.2 Å². The Labute approximate surface area is 174 Å². The Kier molecular flexibility index (Phi) is 5.52. The van der Waals surface area contributed by atoms with Crippen molar-refractivity contribution in [2.45, 2.75) is 6.61 Å². The summed E-state index contributed by atoms with van der Waals surface area (Å²) in [7, 11) is 3.15. The average Bonchev–Trinajstić information content (AvgIpc) is 2.78. The Balaban J connectivity index is 1.50. The number of hydrogen-bond donors (Lipinski definition) is 2. The standard InChI is InChI=1S/C23H22N4O3/c1-28-20-12-18-19(13-21(20)29-2)26-23(27-22(18)24)25-16-8-10-17(11-9-16)30-14-15-6-4-3-5-7-15/h3-13H,14H2,1-2H3,(H3,24,25,26,27). The summed E-state index contributed by atoms with van der Waals surface area (Å²) in [6.45, 7) is 0.517. The highest BCUT2D eigenvalue weighted by molar-refractivity contribution is 5.92. The van der Waals surface area contributed by atoms with Gasteiger partial charge in [0.05, 0.1) is 19.7 Å². The molecule has 3 aromatic carbocycles. The van der Waals surface area contributed by atoms with Crippen molar-refractivity contribution in [1.82, 2.24) is 9.97 Å². The first kappa shape index (κ1) is 19.3. The maximum atomic E-state index is 6.14. The van der Waals surface area contributed by atoms with E-state index in [2.05, 4.69) is 15.3 Å². The van der Waals surface area contributed by atoms with Crippen LogP contribution in [-0.2, 0) is 6.61 Å². The van der Waals surface area contributed by atoms with Gasteiger partial charge < -0.3 is 25.3 Å². The fourth-order valence-corrected chi connectivity index (χ4v) is 3.04. The minimum absolute atomic E-state index is 0.353. The lowest BCUT2D eigenvalue weighted by Gasteiger charge is -2.12. The van der Waals surface area contributed by atoms with Crippen LogP contribution in [0.1, 0.15) is 5.56 Å². The molecule has 0 aliphatic rings. The normalized spacial score (nSPS) is 10.6. The van der Waals surface area contributed by atoms with Gasteiger partial charge in [0, 0.05) is 17.1 Å². The molecular formula is C23H22N4O3. The molecule has 7 heteroatoms. The van der Waals surface area contributed by atoms with E-state index in [0.29, 0.717) is 40.8 Å². The first-order chi connectivity index (χ1) is 14.7. The molecule has 0 saturated heterocycles. The molecule has 4 aromatic rings. The van der Waals surface area contributed by atoms with Crippen molar-refractivity contribution < 1.29 is 14.2 Å². The Bertz CT molecular complexity index is 1150. The summed E-state index contributed by atoms with van der Waals surface area (Å²) >= 11 is 0. The second-order valence-electron chi connectivity index (χ2n) is 6.58. The molecule has 0 atom stereocenters. The van der Waals surface area contributed by atoms with Crippen LogP contribution >= 0.6 is 0 Å². The van der Waals surface area contributed by atoms with Gasteiger partial charge in [-0.15, -0.1) is 0 Å². The zero-order valence-corrected chi connectivity index (χ0v) is 16.8. The van der Waals surface area contributed by atoms with Gasteiger partial charge in [0.2, 0.25) is 5.95 Å². The number of aromatic nitrogens is 2. The maximum absolute atomic E-state index is 6.14. The number of nitrogen functional groups attached to an aromatic ring is 1. The van der Waals surface area contributed by atoms with Gasteiger partial charge in [-0.3, -0.25) is 0 Å². The summed E-state index contributed by atoms with van der Waals surface area (Å²) in [4.78, 5) is 8.90. The second-order valence-corrected chi connectivity index (χ2v) is 6.58. The Morgan fingerprint density at radius 3 is 2.27 bits per heavy atom. The molecule has 4 rings (SSSR count). The van der Waals surface area contributed by atoms with E-state index in [4.69, 9.17) is 19.9 Å². The Morgan fingerprint density at radius 2 is 1.57 bits per heavy atom. The number of nitrogens with one attached hydrogen (secondary N) is 1. The van der Waals surface area contributed by atoms with E-state index in [1.165, 1.54) is 0 Å². The lowest BCUT2D eigenvalue weighted by atomic mass is 10.2. The van der Waals surface area contributed by atoms with Gasteiger partial charge in [-0.1, -0.05) is 30.3 Å². The Hall–Kier alpha value is -4.00. The molecule has 1 aromatic heterocycles. The van der Waals surface area contributed by atoms with Gasteiger partial charge in [-0.05, 0) is 35.9 Å². The number of rotatable bonds is 7. The first-order valence-corrected chi connectivity index (χ1v) is 9.39. The fourth-order valence-electron chi connectivity index (χ4n) is 3.04. The third-order valence-corrected chi connectivity index (χ3v) is 4.59. The number of fused-ring (bicyclic) bond motifs is 1. The number of nitrogens with zero attached hydrogens (tertiary/aromatic N) is 2. The van der Waals surface area contributed by atoms with Crippen LogP contribution in [-0.4, -0.2) is 24.2 Å². The first-order valence-electron chi connectivity index (χ1n) is 9.39. The Morgan fingerprint density at radius 1 is 0.867 bits per heavy atom. The fraction of sp³-hybridized carbons (Fsp3) is 0.130. The zero-order valence-electron chi connectivity index (χ0n) is 16.8. The SMILES string of the molecule is COc1cc2nc(Nc3ccc(OCc4ccccc4)cc3)nc(N)c2cc1OC. The molecule has 0 bridgehead atoms. The van der Waals surface area contributed by atoms with E-state index in [-0.39, 0.29) is 0 Å². The van der Waals surface area contributed by atoms with Crippen LogP contribution in [0.5, 0.6) is 17.2 Å². The van der Waals surface area contributed by atoms with E-state index >= 15 is 0 Å². The van der Waals surface area contributed by atoms with E-state index < -0.39 is 0 Å². The van der Waals surface area contributed by atoms with Crippen molar-refractivity contribution in [2.24, 2.45) is 0 Å². The minimum atomic E-state index is 0.353.